The maximum atomic E-state index is 6.26. The van der Waals surface area contributed by atoms with Crippen LogP contribution in [0, 0.1) is 6.92 Å². The van der Waals surface area contributed by atoms with Gasteiger partial charge in [0, 0.05) is 24.0 Å². The first kappa shape index (κ1) is 15.0. The van der Waals surface area contributed by atoms with Crippen molar-refractivity contribution >= 4 is 43.5 Å². The average molecular weight is 408 g/mol. The molecule has 19 heavy (non-hydrogen) atoms. The lowest BCUT2D eigenvalue weighted by molar-refractivity contribution is 0.638. The first-order valence-corrected chi connectivity index (χ1v) is 7.75. The zero-order valence-corrected chi connectivity index (χ0v) is 14.6. The standard InChI is InChI=1S/C13H14Br2ClN3/c1-7-13(15)12(19(2)18-7)6-11(17)8-3-4-9(14)10(16)5-8/h3-5,11H,6,17H2,1-2H3. The first-order chi connectivity index (χ1) is 8.90. The minimum atomic E-state index is -0.114. The minimum absolute atomic E-state index is 0.114. The van der Waals surface area contributed by atoms with E-state index in [1.54, 1.807) is 0 Å². The molecular weight excluding hydrogens is 393 g/mol. The van der Waals surface area contributed by atoms with E-state index in [0.717, 1.165) is 25.9 Å². The molecule has 0 saturated heterocycles. The van der Waals surface area contributed by atoms with Crippen LogP contribution < -0.4 is 5.73 Å². The Bertz CT molecular complexity index is 610. The van der Waals surface area contributed by atoms with Crippen molar-refractivity contribution in [2.75, 3.05) is 0 Å². The molecule has 0 aliphatic heterocycles. The number of halogens is 3. The van der Waals surface area contributed by atoms with Crippen molar-refractivity contribution in [3.05, 3.63) is 49.1 Å². The van der Waals surface area contributed by atoms with E-state index in [9.17, 15) is 0 Å². The monoisotopic (exact) mass is 405 g/mol. The van der Waals surface area contributed by atoms with Gasteiger partial charge in [0.2, 0.25) is 0 Å². The summed E-state index contributed by atoms with van der Waals surface area (Å²) < 4.78 is 3.76. The molecule has 0 aliphatic carbocycles. The molecule has 6 heteroatoms. The second kappa shape index (κ2) is 5.95. The summed E-state index contributed by atoms with van der Waals surface area (Å²) in [6.07, 6.45) is 0.704. The van der Waals surface area contributed by atoms with Gasteiger partial charge in [-0.15, -0.1) is 0 Å². The Morgan fingerprint density at radius 3 is 2.63 bits per heavy atom. The fourth-order valence-electron chi connectivity index (χ4n) is 1.97. The van der Waals surface area contributed by atoms with Gasteiger partial charge in [-0.2, -0.15) is 5.10 Å². The van der Waals surface area contributed by atoms with Crippen LogP contribution in [0.2, 0.25) is 5.02 Å². The lowest BCUT2D eigenvalue weighted by Gasteiger charge is -2.13. The molecule has 0 radical (unpaired) electrons. The van der Waals surface area contributed by atoms with Gasteiger partial charge in [-0.25, -0.2) is 0 Å². The number of hydrogen-bond acceptors (Lipinski definition) is 2. The van der Waals surface area contributed by atoms with Crippen molar-refractivity contribution < 1.29 is 0 Å². The molecular formula is C13H14Br2ClN3. The van der Waals surface area contributed by atoms with E-state index in [1.807, 2.05) is 36.9 Å². The third kappa shape index (κ3) is 3.21. The zero-order valence-electron chi connectivity index (χ0n) is 10.6. The second-order valence-electron chi connectivity index (χ2n) is 4.45. The second-order valence-corrected chi connectivity index (χ2v) is 6.51. The minimum Gasteiger partial charge on any atom is -0.324 e. The van der Waals surface area contributed by atoms with Crippen LogP contribution in [0.5, 0.6) is 0 Å². The van der Waals surface area contributed by atoms with Gasteiger partial charge in [0.1, 0.15) is 0 Å². The van der Waals surface area contributed by atoms with Crippen molar-refractivity contribution in [2.45, 2.75) is 19.4 Å². The number of benzene rings is 1. The predicted octanol–water partition coefficient (Wildman–Crippen LogP) is 4.15. The number of nitrogens with two attached hydrogens (primary N) is 1. The number of hydrogen-bond donors (Lipinski definition) is 1. The topological polar surface area (TPSA) is 43.8 Å². The van der Waals surface area contributed by atoms with Gasteiger partial charge >= 0.3 is 0 Å². The van der Waals surface area contributed by atoms with Crippen LogP contribution in [0.1, 0.15) is 23.0 Å². The molecule has 0 saturated carbocycles. The number of nitrogens with zero attached hydrogens (tertiary/aromatic N) is 2. The molecule has 3 nitrogen and oxygen atoms in total. The highest BCUT2D eigenvalue weighted by Gasteiger charge is 2.16. The van der Waals surface area contributed by atoms with E-state index in [1.165, 1.54) is 0 Å². The maximum Gasteiger partial charge on any atom is 0.0738 e. The Labute approximate surface area is 134 Å². The smallest absolute Gasteiger partial charge is 0.0738 e. The van der Waals surface area contributed by atoms with Gasteiger partial charge in [0.15, 0.2) is 0 Å². The maximum absolute atomic E-state index is 6.26. The molecule has 0 spiro atoms. The van der Waals surface area contributed by atoms with Crippen LogP contribution in [-0.4, -0.2) is 9.78 Å². The molecule has 0 fully saturated rings. The van der Waals surface area contributed by atoms with Crippen molar-refractivity contribution in [3.8, 4) is 0 Å². The third-order valence-electron chi connectivity index (χ3n) is 3.05. The van der Waals surface area contributed by atoms with Crippen LogP contribution >= 0.6 is 43.5 Å². The van der Waals surface area contributed by atoms with E-state index in [-0.39, 0.29) is 6.04 Å². The molecule has 1 atom stereocenters. The van der Waals surface area contributed by atoms with E-state index in [0.29, 0.717) is 11.4 Å². The van der Waals surface area contributed by atoms with Crippen LogP contribution in [0.15, 0.2) is 27.1 Å². The highest BCUT2D eigenvalue weighted by atomic mass is 79.9. The van der Waals surface area contributed by atoms with E-state index in [4.69, 9.17) is 17.3 Å². The highest BCUT2D eigenvalue weighted by Crippen LogP contribution is 2.28. The SMILES string of the molecule is Cc1nn(C)c(CC(N)c2ccc(Br)c(Cl)c2)c1Br. The Balaban J connectivity index is 2.25. The summed E-state index contributed by atoms with van der Waals surface area (Å²) in [6, 6.07) is 5.68. The van der Waals surface area contributed by atoms with Gasteiger partial charge in [0.25, 0.3) is 0 Å². The highest BCUT2D eigenvalue weighted by molar-refractivity contribution is 9.10. The molecule has 2 aromatic rings. The number of aryl methyl sites for hydroxylation is 2. The molecule has 0 bridgehead atoms. The Morgan fingerprint density at radius 2 is 2.11 bits per heavy atom. The summed E-state index contributed by atoms with van der Waals surface area (Å²) in [4.78, 5) is 0. The number of aromatic nitrogens is 2. The molecule has 1 heterocycles. The van der Waals surface area contributed by atoms with Crippen LogP contribution in [0.3, 0.4) is 0 Å². The summed E-state index contributed by atoms with van der Waals surface area (Å²) >= 11 is 13.0. The van der Waals surface area contributed by atoms with E-state index < -0.39 is 0 Å². The summed E-state index contributed by atoms with van der Waals surface area (Å²) in [6.45, 7) is 1.97. The van der Waals surface area contributed by atoms with Gasteiger partial charge in [-0.1, -0.05) is 17.7 Å². The fraction of sp³-hybridized carbons (Fsp3) is 0.308. The van der Waals surface area contributed by atoms with Gasteiger partial charge in [-0.05, 0) is 56.5 Å². The molecule has 2 rings (SSSR count). The summed E-state index contributed by atoms with van der Waals surface area (Å²) in [5.41, 5.74) is 9.33. The van der Waals surface area contributed by atoms with Crippen LogP contribution in [0.4, 0.5) is 0 Å². The Morgan fingerprint density at radius 1 is 1.42 bits per heavy atom. The van der Waals surface area contributed by atoms with Gasteiger partial charge in [0.05, 0.1) is 20.9 Å². The Hall–Kier alpha value is -0.360. The molecule has 1 aromatic heterocycles. The van der Waals surface area contributed by atoms with Gasteiger partial charge in [-0.3, -0.25) is 4.68 Å². The first-order valence-electron chi connectivity index (χ1n) is 5.78. The molecule has 2 N–H and O–H groups in total. The number of rotatable bonds is 3. The lowest BCUT2D eigenvalue weighted by Crippen LogP contribution is -2.15. The quantitative estimate of drug-likeness (QED) is 0.831. The Kier molecular flexibility index (Phi) is 4.71. The molecule has 102 valence electrons. The summed E-state index contributed by atoms with van der Waals surface area (Å²) in [7, 11) is 1.92. The zero-order chi connectivity index (χ0) is 14.2. The van der Waals surface area contributed by atoms with Crippen molar-refractivity contribution in [2.24, 2.45) is 12.8 Å². The van der Waals surface area contributed by atoms with Crippen molar-refractivity contribution in [1.29, 1.82) is 0 Å². The van der Waals surface area contributed by atoms with E-state index in [2.05, 4.69) is 37.0 Å². The van der Waals surface area contributed by atoms with Crippen LogP contribution in [-0.2, 0) is 13.5 Å². The van der Waals surface area contributed by atoms with Crippen LogP contribution in [0.25, 0.3) is 0 Å². The summed E-state index contributed by atoms with van der Waals surface area (Å²) in [5, 5.41) is 5.04. The largest absolute Gasteiger partial charge is 0.324 e. The van der Waals surface area contributed by atoms with E-state index >= 15 is 0 Å². The lowest BCUT2D eigenvalue weighted by atomic mass is 10.0. The average Bonchev–Trinajstić information content (AvgIpc) is 2.59. The van der Waals surface area contributed by atoms with Crippen molar-refractivity contribution in [1.82, 2.24) is 9.78 Å². The third-order valence-corrected chi connectivity index (χ3v) is 5.31. The summed E-state index contributed by atoms with van der Waals surface area (Å²) in [5.74, 6) is 0. The fourth-order valence-corrected chi connectivity index (χ4v) is 2.90. The molecule has 1 unspecified atom stereocenters. The molecule has 0 aliphatic rings. The van der Waals surface area contributed by atoms with Gasteiger partial charge < -0.3 is 5.73 Å². The molecule has 1 aromatic carbocycles. The predicted molar refractivity (Wildman–Crippen MR) is 85.4 cm³/mol. The normalized spacial score (nSPS) is 12.7. The van der Waals surface area contributed by atoms with Crippen molar-refractivity contribution in [3.63, 3.8) is 0 Å². The molecule has 0 amide bonds.